The van der Waals surface area contributed by atoms with Gasteiger partial charge in [-0.05, 0) is 41.3 Å². The van der Waals surface area contributed by atoms with Crippen LogP contribution in [0.4, 0.5) is 0 Å². The van der Waals surface area contributed by atoms with Crippen LogP contribution in [0.1, 0.15) is 30.3 Å². The van der Waals surface area contributed by atoms with Crippen LogP contribution >= 0.6 is 11.6 Å². The smallest absolute Gasteiger partial charge is 0.110 e. The first-order valence-corrected chi connectivity index (χ1v) is 9.81. The van der Waals surface area contributed by atoms with Gasteiger partial charge in [-0.3, -0.25) is 0 Å². The fourth-order valence-electron chi connectivity index (χ4n) is 3.56. The highest BCUT2D eigenvalue weighted by molar-refractivity contribution is 6.34. The fraction of sp³-hybridized carbons (Fsp3) is 0.167. The molecule has 4 rings (SSSR count). The van der Waals surface area contributed by atoms with Crippen LogP contribution in [0.2, 0.25) is 5.02 Å². The number of nitrogens with zero attached hydrogens (tertiary/aromatic N) is 3. The minimum absolute atomic E-state index is 0.690. The number of halogens is 1. The zero-order valence-corrected chi connectivity index (χ0v) is 16.4. The number of imidazole rings is 1. The third-order valence-electron chi connectivity index (χ3n) is 4.94. The van der Waals surface area contributed by atoms with Gasteiger partial charge in [0.05, 0.1) is 22.2 Å². The van der Waals surface area contributed by atoms with E-state index in [1.54, 1.807) is 0 Å². The lowest BCUT2D eigenvalue weighted by Crippen LogP contribution is -2.05. The number of benzene rings is 3. The Bertz CT molecular complexity index is 1170. The van der Waals surface area contributed by atoms with E-state index in [1.165, 1.54) is 5.56 Å². The molecule has 28 heavy (non-hydrogen) atoms. The van der Waals surface area contributed by atoms with E-state index in [4.69, 9.17) is 16.6 Å². The number of hydrogen-bond donors (Lipinski definition) is 0. The first-order valence-electron chi connectivity index (χ1n) is 9.43. The second-order valence-corrected chi connectivity index (χ2v) is 7.23. The van der Waals surface area contributed by atoms with E-state index in [2.05, 4.69) is 47.9 Å². The first kappa shape index (κ1) is 18.3. The van der Waals surface area contributed by atoms with E-state index < -0.39 is 0 Å². The molecule has 4 aromatic rings. The standard InChI is InChI=1S/C24H20ClN3/c1-2-6-23-27-24-21(25)9-5-10-22(24)28(23)16-17-11-13-18(14-12-17)20-8-4-3-7-19(20)15-26/h3-5,7-14H,2,6,16H2,1H3. The van der Waals surface area contributed by atoms with Crippen molar-refractivity contribution in [1.29, 1.82) is 5.26 Å². The summed E-state index contributed by atoms with van der Waals surface area (Å²) in [5.74, 6) is 1.06. The predicted octanol–water partition coefficient (Wildman–Crippen LogP) is 6.23. The van der Waals surface area contributed by atoms with E-state index >= 15 is 0 Å². The van der Waals surface area contributed by atoms with Gasteiger partial charge in [-0.25, -0.2) is 4.98 Å². The molecule has 3 nitrogen and oxygen atoms in total. The van der Waals surface area contributed by atoms with Gasteiger partial charge in [-0.1, -0.05) is 67.1 Å². The average Bonchev–Trinajstić information content (AvgIpc) is 3.07. The third kappa shape index (κ3) is 3.40. The maximum absolute atomic E-state index is 9.34. The molecule has 0 N–H and O–H groups in total. The van der Waals surface area contributed by atoms with Gasteiger partial charge in [0.1, 0.15) is 11.3 Å². The average molecular weight is 386 g/mol. The first-order chi connectivity index (χ1) is 13.7. The molecule has 0 amide bonds. The molecule has 4 heteroatoms. The second kappa shape index (κ2) is 7.88. The van der Waals surface area contributed by atoms with Crippen molar-refractivity contribution in [2.75, 3.05) is 0 Å². The number of fused-ring (bicyclic) bond motifs is 1. The second-order valence-electron chi connectivity index (χ2n) is 6.83. The molecule has 0 unspecified atom stereocenters. The van der Waals surface area contributed by atoms with Crippen molar-refractivity contribution >= 4 is 22.6 Å². The van der Waals surface area contributed by atoms with Gasteiger partial charge >= 0.3 is 0 Å². The summed E-state index contributed by atoms with van der Waals surface area (Å²) >= 11 is 6.36. The number of rotatable bonds is 5. The predicted molar refractivity (Wildman–Crippen MR) is 114 cm³/mol. The molecule has 0 atom stereocenters. The number of hydrogen-bond acceptors (Lipinski definition) is 2. The maximum Gasteiger partial charge on any atom is 0.110 e. The van der Waals surface area contributed by atoms with Crippen LogP contribution in [0.15, 0.2) is 66.7 Å². The molecule has 0 radical (unpaired) electrons. The van der Waals surface area contributed by atoms with Gasteiger partial charge in [0.2, 0.25) is 0 Å². The summed E-state index contributed by atoms with van der Waals surface area (Å²) in [6.07, 6.45) is 1.95. The summed E-state index contributed by atoms with van der Waals surface area (Å²) in [4.78, 5) is 4.78. The van der Waals surface area contributed by atoms with Crippen LogP contribution in [0.3, 0.4) is 0 Å². The molecular formula is C24H20ClN3. The Hall–Kier alpha value is -3.09. The highest BCUT2D eigenvalue weighted by Crippen LogP contribution is 2.27. The Kier molecular flexibility index (Phi) is 5.14. The minimum atomic E-state index is 0.690. The maximum atomic E-state index is 9.34. The largest absolute Gasteiger partial charge is 0.323 e. The van der Waals surface area contributed by atoms with Crippen molar-refractivity contribution < 1.29 is 0 Å². The highest BCUT2D eigenvalue weighted by Gasteiger charge is 2.13. The van der Waals surface area contributed by atoms with Crippen LogP contribution < -0.4 is 0 Å². The summed E-state index contributed by atoms with van der Waals surface area (Å²) < 4.78 is 2.25. The van der Waals surface area contributed by atoms with Gasteiger partial charge in [-0.2, -0.15) is 5.26 Å². The van der Waals surface area contributed by atoms with E-state index in [0.29, 0.717) is 10.6 Å². The molecule has 0 aliphatic carbocycles. The van der Waals surface area contributed by atoms with Gasteiger partial charge in [0, 0.05) is 13.0 Å². The third-order valence-corrected chi connectivity index (χ3v) is 5.24. The topological polar surface area (TPSA) is 41.6 Å². The van der Waals surface area contributed by atoms with Gasteiger partial charge in [-0.15, -0.1) is 0 Å². The van der Waals surface area contributed by atoms with Crippen molar-refractivity contribution in [1.82, 2.24) is 9.55 Å². The molecule has 0 saturated carbocycles. The Morgan fingerprint density at radius 3 is 2.54 bits per heavy atom. The van der Waals surface area contributed by atoms with Crippen LogP contribution in [0.5, 0.6) is 0 Å². The lowest BCUT2D eigenvalue weighted by molar-refractivity contribution is 0.722. The fourth-order valence-corrected chi connectivity index (χ4v) is 3.77. The van der Waals surface area contributed by atoms with Crippen LogP contribution in [-0.4, -0.2) is 9.55 Å². The number of nitriles is 1. The van der Waals surface area contributed by atoms with Crippen LogP contribution in [0.25, 0.3) is 22.2 Å². The summed E-state index contributed by atoms with van der Waals surface area (Å²) in [6, 6.07) is 24.3. The van der Waals surface area contributed by atoms with Crippen molar-refractivity contribution in [2.24, 2.45) is 0 Å². The molecule has 0 aliphatic rings. The highest BCUT2D eigenvalue weighted by atomic mass is 35.5. The van der Waals surface area contributed by atoms with E-state index in [0.717, 1.165) is 47.4 Å². The zero-order valence-electron chi connectivity index (χ0n) is 15.7. The molecule has 138 valence electrons. The van der Waals surface area contributed by atoms with Crippen molar-refractivity contribution in [3.63, 3.8) is 0 Å². The Labute approximate surface area is 169 Å². The summed E-state index contributed by atoms with van der Waals surface area (Å²) in [5, 5.41) is 10.0. The molecule has 0 spiro atoms. The summed E-state index contributed by atoms with van der Waals surface area (Å²) in [7, 11) is 0. The zero-order chi connectivity index (χ0) is 19.5. The minimum Gasteiger partial charge on any atom is -0.323 e. The molecule has 0 saturated heterocycles. The SMILES string of the molecule is CCCc1nc2c(Cl)cccc2n1Cc1ccc(-c2ccccc2C#N)cc1. The van der Waals surface area contributed by atoms with Crippen LogP contribution in [0, 0.1) is 11.3 Å². The van der Waals surface area contributed by atoms with E-state index in [9.17, 15) is 5.26 Å². The normalized spacial score (nSPS) is 10.9. The molecular weight excluding hydrogens is 366 g/mol. The van der Waals surface area contributed by atoms with Gasteiger partial charge in [0.25, 0.3) is 0 Å². The van der Waals surface area contributed by atoms with E-state index in [1.807, 2.05) is 36.4 Å². The van der Waals surface area contributed by atoms with Crippen LogP contribution in [-0.2, 0) is 13.0 Å². The molecule has 0 fully saturated rings. The van der Waals surface area contributed by atoms with Crippen molar-refractivity contribution in [2.45, 2.75) is 26.3 Å². The molecule has 0 bridgehead atoms. The molecule has 0 aliphatic heterocycles. The number of aryl methyl sites for hydroxylation is 1. The number of para-hydroxylation sites is 1. The molecule has 1 aromatic heterocycles. The lowest BCUT2D eigenvalue weighted by Gasteiger charge is -2.10. The summed E-state index contributed by atoms with van der Waals surface area (Å²) in [5.41, 5.74) is 5.82. The monoisotopic (exact) mass is 385 g/mol. The summed E-state index contributed by atoms with van der Waals surface area (Å²) in [6.45, 7) is 2.90. The van der Waals surface area contributed by atoms with Gasteiger partial charge < -0.3 is 4.57 Å². The number of aromatic nitrogens is 2. The Morgan fingerprint density at radius 2 is 1.79 bits per heavy atom. The lowest BCUT2D eigenvalue weighted by atomic mass is 9.99. The van der Waals surface area contributed by atoms with Crippen molar-refractivity contribution in [3.05, 3.63) is 88.7 Å². The Morgan fingerprint density at radius 1 is 1.00 bits per heavy atom. The van der Waals surface area contributed by atoms with Gasteiger partial charge in [0.15, 0.2) is 0 Å². The Balaban J connectivity index is 1.70. The molecule has 3 aromatic carbocycles. The van der Waals surface area contributed by atoms with Crippen molar-refractivity contribution in [3.8, 4) is 17.2 Å². The molecule has 1 heterocycles. The van der Waals surface area contributed by atoms with E-state index in [-0.39, 0.29) is 0 Å². The quantitative estimate of drug-likeness (QED) is 0.408.